The zero-order chi connectivity index (χ0) is 13.7. The van der Waals surface area contributed by atoms with Crippen LogP contribution in [0, 0.1) is 11.3 Å². The molecule has 0 bridgehead atoms. The third kappa shape index (κ3) is 3.18. The van der Waals surface area contributed by atoms with Crippen molar-refractivity contribution in [1.29, 1.82) is 5.26 Å². The Morgan fingerprint density at radius 2 is 2.21 bits per heavy atom. The van der Waals surface area contributed by atoms with Gasteiger partial charge in [-0.1, -0.05) is 0 Å². The molecule has 19 heavy (non-hydrogen) atoms. The summed E-state index contributed by atoms with van der Waals surface area (Å²) in [5.74, 6) is 0.358. The van der Waals surface area contributed by atoms with Gasteiger partial charge >= 0.3 is 0 Å². The number of carbonyl (C=O) groups excluding carboxylic acids is 1. The predicted molar refractivity (Wildman–Crippen MR) is 67.4 cm³/mol. The van der Waals surface area contributed by atoms with Crippen molar-refractivity contribution in [2.75, 3.05) is 6.54 Å². The highest BCUT2D eigenvalue weighted by Crippen LogP contribution is 2.20. The van der Waals surface area contributed by atoms with Gasteiger partial charge in [0, 0.05) is 6.54 Å². The molecule has 2 rings (SSSR count). The van der Waals surface area contributed by atoms with Crippen molar-refractivity contribution in [1.82, 2.24) is 4.90 Å². The molecule has 0 atom stereocenters. The van der Waals surface area contributed by atoms with Crippen molar-refractivity contribution in [3.05, 3.63) is 47.3 Å². The quantitative estimate of drug-likeness (QED) is 0.842. The van der Waals surface area contributed by atoms with Crippen LogP contribution in [-0.4, -0.2) is 17.4 Å². The summed E-state index contributed by atoms with van der Waals surface area (Å²) in [4.78, 5) is 13.8. The first-order valence-electron chi connectivity index (χ1n) is 5.64. The monoisotopic (exact) mass is 278 g/mol. The molecule has 98 valence electrons. The fourth-order valence-corrected chi connectivity index (χ4v) is 1.84. The molecule has 6 heteroatoms. The highest BCUT2D eigenvalue weighted by molar-refractivity contribution is 6.32. The molecular weight excluding hydrogens is 268 g/mol. The van der Waals surface area contributed by atoms with Gasteiger partial charge in [0.1, 0.15) is 5.76 Å². The molecule has 0 N–H and O–H groups in total. The number of halogens is 1. The summed E-state index contributed by atoms with van der Waals surface area (Å²) < 4.78 is 10.1. The van der Waals surface area contributed by atoms with Crippen LogP contribution < -0.4 is 0 Å². The molecule has 0 saturated carbocycles. The fourth-order valence-electron chi connectivity index (χ4n) is 1.64. The van der Waals surface area contributed by atoms with E-state index in [1.165, 1.54) is 23.5 Å². The number of rotatable bonds is 5. The molecule has 2 aromatic heterocycles. The van der Waals surface area contributed by atoms with Gasteiger partial charge in [-0.2, -0.15) is 5.26 Å². The van der Waals surface area contributed by atoms with Crippen LogP contribution in [0.25, 0.3) is 0 Å². The van der Waals surface area contributed by atoms with E-state index >= 15 is 0 Å². The summed E-state index contributed by atoms with van der Waals surface area (Å²) in [5.41, 5.74) is 0.283. The van der Waals surface area contributed by atoms with E-state index in [9.17, 15) is 4.79 Å². The van der Waals surface area contributed by atoms with Gasteiger partial charge in [0.25, 0.3) is 5.91 Å². The maximum absolute atomic E-state index is 12.3. The molecule has 0 spiro atoms. The summed E-state index contributed by atoms with van der Waals surface area (Å²) in [5, 5.41) is 8.70. The molecule has 0 fully saturated rings. The van der Waals surface area contributed by atoms with Crippen molar-refractivity contribution < 1.29 is 13.6 Å². The van der Waals surface area contributed by atoms with Crippen LogP contribution in [0.4, 0.5) is 0 Å². The Morgan fingerprint density at radius 3 is 2.79 bits per heavy atom. The maximum Gasteiger partial charge on any atom is 0.259 e. The molecule has 1 amide bonds. The van der Waals surface area contributed by atoms with Crippen LogP contribution in [0.5, 0.6) is 0 Å². The molecule has 2 aromatic rings. The summed E-state index contributed by atoms with van der Waals surface area (Å²) in [7, 11) is 0. The van der Waals surface area contributed by atoms with Crippen molar-refractivity contribution >= 4 is 17.5 Å². The molecule has 0 unspecified atom stereocenters. The van der Waals surface area contributed by atoms with E-state index in [0.717, 1.165) is 0 Å². The molecule has 0 aromatic carbocycles. The van der Waals surface area contributed by atoms with Gasteiger partial charge in [0.2, 0.25) is 5.22 Å². The minimum atomic E-state index is -0.287. The summed E-state index contributed by atoms with van der Waals surface area (Å²) in [6.07, 6.45) is 3.12. The SMILES string of the molecule is N#CCCN(Cc1ccco1)C(=O)c1ccoc1Cl. The Balaban J connectivity index is 2.15. The molecule has 0 aliphatic carbocycles. The smallest absolute Gasteiger partial charge is 0.259 e. The lowest BCUT2D eigenvalue weighted by Crippen LogP contribution is -2.31. The van der Waals surface area contributed by atoms with Crippen molar-refractivity contribution in [3.8, 4) is 6.07 Å². The second-order valence-electron chi connectivity index (χ2n) is 3.82. The summed E-state index contributed by atoms with van der Waals surface area (Å²) in [6.45, 7) is 0.590. The van der Waals surface area contributed by atoms with Crippen LogP contribution in [0.1, 0.15) is 22.5 Å². The first kappa shape index (κ1) is 13.2. The number of amides is 1. The molecule has 0 aliphatic rings. The van der Waals surface area contributed by atoms with Gasteiger partial charge in [-0.25, -0.2) is 0 Å². The number of furan rings is 2. The minimum Gasteiger partial charge on any atom is -0.467 e. The van der Waals surface area contributed by atoms with Gasteiger partial charge < -0.3 is 13.7 Å². The normalized spacial score (nSPS) is 10.1. The average Bonchev–Trinajstić information content (AvgIpc) is 3.05. The van der Waals surface area contributed by atoms with Crippen molar-refractivity contribution in [2.45, 2.75) is 13.0 Å². The third-order valence-electron chi connectivity index (χ3n) is 2.56. The van der Waals surface area contributed by atoms with Crippen LogP contribution >= 0.6 is 11.6 Å². The Hall–Kier alpha value is -2.19. The third-order valence-corrected chi connectivity index (χ3v) is 2.85. The van der Waals surface area contributed by atoms with E-state index in [4.69, 9.17) is 25.7 Å². The van der Waals surface area contributed by atoms with Gasteiger partial charge in [0.05, 0.1) is 37.1 Å². The Bertz CT molecular complexity index is 583. The molecule has 0 radical (unpaired) electrons. The lowest BCUT2D eigenvalue weighted by molar-refractivity contribution is 0.0735. The summed E-state index contributed by atoms with van der Waals surface area (Å²) in [6, 6.07) is 7.03. The van der Waals surface area contributed by atoms with Gasteiger partial charge in [-0.05, 0) is 29.8 Å². The van der Waals surface area contributed by atoms with Gasteiger partial charge in [0.15, 0.2) is 0 Å². The number of carbonyl (C=O) groups is 1. The number of hydrogen-bond donors (Lipinski definition) is 0. The lowest BCUT2D eigenvalue weighted by atomic mass is 10.2. The highest BCUT2D eigenvalue weighted by atomic mass is 35.5. The van der Waals surface area contributed by atoms with Crippen molar-refractivity contribution in [3.63, 3.8) is 0 Å². The van der Waals surface area contributed by atoms with E-state index in [-0.39, 0.29) is 29.7 Å². The summed E-state index contributed by atoms with van der Waals surface area (Å²) >= 11 is 5.79. The Kier molecular flexibility index (Phi) is 4.26. The zero-order valence-electron chi connectivity index (χ0n) is 10.0. The molecular formula is C13H11ClN2O3. The second kappa shape index (κ2) is 6.12. The largest absolute Gasteiger partial charge is 0.467 e. The Labute approximate surface area is 115 Å². The number of nitriles is 1. The second-order valence-corrected chi connectivity index (χ2v) is 4.17. The molecule has 0 aliphatic heterocycles. The van der Waals surface area contributed by atoms with E-state index < -0.39 is 0 Å². The van der Waals surface area contributed by atoms with Crippen LogP contribution in [0.3, 0.4) is 0 Å². The minimum absolute atomic E-state index is 0.0476. The molecule has 2 heterocycles. The van der Waals surface area contributed by atoms with E-state index in [0.29, 0.717) is 12.3 Å². The van der Waals surface area contributed by atoms with Crippen LogP contribution in [0.15, 0.2) is 39.6 Å². The lowest BCUT2D eigenvalue weighted by Gasteiger charge is -2.19. The number of hydrogen-bond acceptors (Lipinski definition) is 4. The maximum atomic E-state index is 12.3. The number of nitrogens with zero attached hydrogens (tertiary/aromatic N) is 2. The molecule has 0 saturated heterocycles. The Morgan fingerprint density at radius 1 is 1.37 bits per heavy atom. The van der Waals surface area contributed by atoms with Crippen LogP contribution in [-0.2, 0) is 6.54 Å². The fraction of sp³-hybridized carbons (Fsp3) is 0.231. The predicted octanol–water partition coefficient (Wildman–Crippen LogP) is 3.08. The first-order chi connectivity index (χ1) is 9.22. The van der Waals surface area contributed by atoms with E-state index in [2.05, 4.69) is 0 Å². The van der Waals surface area contributed by atoms with Crippen molar-refractivity contribution in [2.24, 2.45) is 0 Å². The standard InChI is InChI=1S/C13H11ClN2O3/c14-12-11(4-8-19-12)13(17)16(6-2-5-15)9-10-3-1-7-18-10/h1,3-4,7-8H,2,6,9H2. The van der Waals surface area contributed by atoms with E-state index in [1.807, 2.05) is 6.07 Å². The zero-order valence-corrected chi connectivity index (χ0v) is 10.8. The average molecular weight is 279 g/mol. The molecule has 5 nitrogen and oxygen atoms in total. The topological polar surface area (TPSA) is 70.4 Å². The van der Waals surface area contributed by atoms with Gasteiger partial charge in [-0.15, -0.1) is 0 Å². The first-order valence-corrected chi connectivity index (χ1v) is 6.01. The van der Waals surface area contributed by atoms with Gasteiger partial charge in [-0.3, -0.25) is 4.79 Å². The highest BCUT2D eigenvalue weighted by Gasteiger charge is 2.21. The van der Waals surface area contributed by atoms with Crippen LogP contribution in [0.2, 0.25) is 5.22 Å². The van der Waals surface area contributed by atoms with E-state index in [1.54, 1.807) is 12.1 Å².